The molecule has 140 valence electrons. The number of rotatable bonds is 6. The molecule has 0 bridgehead atoms. The number of thiazole rings is 1. The highest BCUT2D eigenvalue weighted by molar-refractivity contribution is 8.00. The van der Waals surface area contributed by atoms with Crippen LogP contribution in [0, 0.1) is 12.7 Å². The summed E-state index contributed by atoms with van der Waals surface area (Å²) in [5.41, 5.74) is 7.99. The first-order chi connectivity index (χ1) is 13.0. The number of carbonyl (C=O) groups is 1. The number of halogens is 1. The van der Waals surface area contributed by atoms with Crippen molar-refractivity contribution in [3.8, 4) is 0 Å². The number of hydrogen-bond acceptors (Lipinski definition) is 7. The highest BCUT2D eigenvalue weighted by Crippen LogP contribution is 2.26. The standard InChI is InChI=1S/C18H18FN5OS2/c1-10-15(27-18(23-10)26-2)17(25)24-12-5-6-13(19)11(8-12)9-22-14-4-3-7-21-16(14)20/h3-8,22H,9H2,1-2H3,(H2,20,21)(H,24,25). The summed E-state index contributed by atoms with van der Waals surface area (Å²) in [6.07, 6.45) is 3.50. The summed E-state index contributed by atoms with van der Waals surface area (Å²) in [6.45, 7) is 2.01. The van der Waals surface area contributed by atoms with Gasteiger partial charge >= 0.3 is 0 Å². The van der Waals surface area contributed by atoms with Gasteiger partial charge in [0.15, 0.2) is 4.34 Å². The number of thioether (sulfide) groups is 1. The number of aryl methyl sites for hydroxylation is 1. The third-order valence-electron chi connectivity index (χ3n) is 3.77. The molecule has 27 heavy (non-hydrogen) atoms. The minimum absolute atomic E-state index is 0.210. The number of anilines is 3. The summed E-state index contributed by atoms with van der Waals surface area (Å²) < 4.78 is 15.0. The van der Waals surface area contributed by atoms with Gasteiger partial charge in [-0.1, -0.05) is 11.8 Å². The van der Waals surface area contributed by atoms with Gasteiger partial charge in [0, 0.05) is 24.0 Å². The van der Waals surface area contributed by atoms with E-state index in [-0.39, 0.29) is 18.3 Å². The van der Waals surface area contributed by atoms with Gasteiger partial charge in [-0.3, -0.25) is 4.79 Å². The zero-order chi connectivity index (χ0) is 19.4. The van der Waals surface area contributed by atoms with Gasteiger partial charge in [-0.25, -0.2) is 14.4 Å². The van der Waals surface area contributed by atoms with E-state index in [1.54, 1.807) is 31.3 Å². The Hall–Kier alpha value is -2.65. The van der Waals surface area contributed by atoms with Crippen molar-refractivity contribution in [1.82, 2.24) is 9.97 Å². The van der Waals surface area contributed by atoms with Crippen molar-refractivity contribution in [1.29, 1.82) is 0 Å². The van der Waals surface area contributed by atoms with Crippen molar-refractivity contribution < 1.29 is 9.18 Å². The van der Waals surface area contributed by atoms with Crippen LogP contribution in [0.25, 0.3) is 0 Å². The van der Waals surface area contributed by atoms with Gasteiger partial charge < -0.3 is 16.4 Å². The molecule has 4 N–H and O–H groups in total. The van der Waals surface area contributed by atoms with Crippen LogP contribution in [0.3, 0.4) is 0 Å². The minimum atomic E-state index is -0.374. The molecule has 0 unspecified atom stereocenters. The lowest BCUT2D eigenvalue weighted by atomic mass is 10.1. The maximum absolute atomic E-state index is 14.1. The Morgan fingerprint density at radius 1 is 1.37 bits per heavy atom. The van der Waals surface area contributed by atoms with E-state index in [4.69, 9.17) is 5.73 Å². The van der Waals surface area contributed by atoms with Crippen molar-refractivity contribution in [2.45, 2.75) is 17.8 Å². The second-order valence-electron chi connectivity index (χ2n) is 5.65. The Kier molecular flexibility index (Phi) is 5.92. The predicted molar refractivity (Wildman–Crippen MR) is 109 cm³/mol. The van der Waals surface area contributed by atoms with E-state index >= 15 is 0 Å². The molecule has 1 aromatic carbocycles. The molecule has 0 aliphatic carbocycles. The first kappa shape index (κ1) is 19.1. The van der Waals surface area contributed by atoms with E-state index in [0.29, 0.717) is 33.3 Å². The van der Waals surface area contributed by atoms with Gasteiger partial charge in [0.25, 0.3) is 5.91 Å². The average molecular weight is 404 g/mol. The van der Waals surface area contributed by atoms with E-state index in [9.17, 15) is 9.18 Å². The van der Waals surface area contributed by atoms with Gasteiger partial charge in [0.05, 0.1) is 11.4 Å². The van der Waals surface area contributed by atoms with Crippen LogP contribution in [0.5, 0.6) is 0 Å². The molecular formula is C18H18FN5OS2. The Labute approximate surface area is 164 Å². The van der Waals surface area contributed by atoms with Crippen LogP contribution in [0.2, 0.25) is 0 Å². The summed E-state index contributed by atoms with van der Waals surface area (Å²) in [7, 11) is 0. The molecule has 1 amide bonds. The lowest BCUT2D eigenvalue weighted by Gasteiger charge is -2.11. The van der Waals surface area contributed by atoms with Gasteiger partial charge in [0.2, 0.25) is 0 Å². The number of nitrogen functional groups attached to an aromatic ring is 1. The number of nitrogens with one attached hydrogen (secondary N) is 2. The number of nitrogens with zero attached hydrogens (tertiary/aromatic N) is 2. The molecule has 6 nitrogen and oxygen atoms in total. The third kappa shape index (κ3) is 4.55. The summed E-state index contributed by atoms with van der Waals surface area (Å²) in [4.78, 5) is 21.4. The highest BCUT2D eigenvalue weighted by Gasteiger charge is 2.16. The lowest BCUT2D eigenvalue weighted by Crippen LogP contribution is -2.12. The van der Waals surface area contributed by atoms with Gasteiger partial charge in [-0.05, 0) is 43.5 Å². The molecule has 0 radical (unpaired) electrons. The summed E-state index contributed by atoms with van der Waals surface area (Å²) in [6, 6.07) is 7.96. The molecule has 2 aromatic heterocycles. The Morgan fingerprint density at radius 2 is 2.19 bits per heavy atom. The van der Waals surface area contributed by atoms with Crippen LogP contribution in [0.4, 0.5) is 21.6 Å². The largest absolute Gasteiger partial charge is 0.382 e. The number of aromatic nitrogens is 2. The molecule has 0 aliphatic rings. The molecule has 0 saturated carbocycles. The topological polar surface area (TPSA) is 92.9 Å². The fourth-order valence-corrected chi connectivity index (χ4v) is 3.91. The summed E-state index contributed by atoms with van der Waals surface area (Å²) in [5.74, 6) is -0.290. The van der Waals surface area contributed by atoms with Gasteiger partial charge in [0.1, 0.15) is 16.5 Å². The quantitative estimate of drug-likeness (QED) is 0.535. The van der Waals surface area contributed by atoms with Crippen LogP contribution in [0.1, 0.15) is 20.9 Å². The summed E-state index contributed by atoms with van der Waals surface area (Å²) in [5, 5.41) is 5.86. The van der Waals surface area contributed by atoms with E-state index in [2.05, 4.69) is 20.6 Å². The molecule has 0 saturated heterocycles. The Balaban J connectivity index is 1.73. The Morgan fingerprint density at radius 3 is 2.89 bits per heavy atom. The molecule has 0 aliphatic heterocycles. The van der Waals surface area contributed by atoms with Crippen LogP contribution in [-0.4, -0.2) is 22.1 Å². The third-order valence-corrected chi connectivity index (χ3v) is 5.91. The number of benzene rings is 1. The van der Waals surface area contributed by atoms with Crippen LogP contribution >= 0.6 is 23.1 Å². The van der Waals surface area contributed by atoms with Crippen molar-refractivity contribution in [2.75, 3.05) is 22.6 Å². The van der Waals surface area contributed by atoms with E-state index in [1.165, 1.54) is 35.2 Å². The molecule has 9 heteroatoms. The van der Waals surface area contributed by atoms with Crippen LogP contribution in [-0.2, 0) is 6.54 Å². The van der Waals surface area contributed by atoms with Gasteiger partial charge in [-0.15, -0.1) is 11.3 Å². The molecule has 0 atom stereocenters. The van der Waals surface area contributed by atoms with Crippen LogP contribution in [0.15, 0.2) is 40.9 Å². The maximum Gasteiger partial charge on any atom is 0.267 e. The van der Waals surface area contributed by atoms with Crippen molar-refractivity contribution in [3.05, 3.63) is 58.5 Å². The molecule has 2 heterocycles. The van der Waals surface area contributed by atoms with Crippen molar-refractivity contribution >= 4 is 46.2 Å². The van der Waals surface area contributed by atoms with E-state index < -0.39 is 0 Å². The molecular weight excluding hydrogens is 385 g/mol. The predicted octanol–water partition coefficient (Wildman–Crippen LogP) is 4.15. The highest BCUT2D eigenvalue weighted by atomic mass is 32.2. The van der Waals surface area contributed by atoms with Crippen molar-refractivity contribution in [3.63, 3.8) is 0 Å². The molecule has 3 aromatic rings. The second kappa shape index (κ2) is 8.36. The SMILES string of the molecule is CSc1nc(C)c(C(=O)Nc2ccc(F)c(CNc3cccnc3N)c2)s1. The van der Waals surface area contributed by atoms with Crippen LogP contribution < -0.4 is 16.4 Å². The summed E-state index contributed by atoms with van der Waals surface area (Å²) >= 11 is 2.83. The zero-order valence-electron chi connectivity index (χ0n) is 14.7. The fraction of sp³-hybridized carbons (Fsp3) is 0.167. The number of hydrogen-bond donors (Lipinski definition) is 3. The Bertz CT molecular complexity index is 976. The number of carbonyl (C=O) groups excluding carboxylic acids is 1. The lowest BCUT2D eigenvalue weighted by molar-refractivity contribution is 0.103. The minimum Gasteiger partial charge on any atom is -0.382 e. The first-order valence-electron chi connectivity index (χ1n) is 8.03. The number of pyridine rings is 1. The van der Waals surface area contributed by atoms with Crippen molar-refractivity contribution in [2.24, 2.45) is 0 Å². The maximum atomic E-state index is 14.1. The monoisotopic (exact) mass is 403 g/mol. The van der Waals surface area contributed by atoms with Gasteiger partial charge in [-0.2, -0.15) is 0 Å². The zero-order valence-corrected chi connectivity index (χ0v) is 16.4. The molecule has 0 fully saturated rings. The normalized spacial score (nSPS) is 10.6. The average Bonchev–Trinajstić information content (AvgIpc) is 3.04. The smallest absolute Gasteiger partial charge is 0.267 e. The first-order valence-corrected chi connectivity index (χ1v) is 10.1. The molecule has 0 spiro atoms. The molecule has 3 rings (SSSR count). The number of amides is 1. The van der Waals surface area contributed by atoms with E-state index in [1.807, 2.05) is 6.26 Å². The second-order valence-corrected chi connectivity index (χ2v) is 7.70. The van der Waals surface area contributed by atoms with E-state index in [0.717, 1.165) is 4.34 Å². The number of nitrogens with two attached hydrogens (primary N) is 1. The fourth-order valence-electron chi connectivity index (χ4n) is 2.40.